The SMILES string of the molecule is CN1CCN(CC(=O)N(C)c2ccc(N=C(c3ccccc3)c3c(O)[nH]c4cc(Cl)ccc34)cc2O)CC1. The number of amides is 1. The van der Waals surface area contributed by atoms with Crippen LogP contribution in [0, 0.1) is 0 Å². The van der Waals surface area contributed by atoms with Crippen molar-refractivity contribution >= 4 is 45.5 Å². The molecule has 9 heteroatoms. The molecular formula is C29H30ClN5O3. The fourth-order valence-corrected chi connectivity index (χ4v) is 4.86. The molecule has 3 aromatic carbocycles. The zero-order chi connectivity index (χ0) is 26.8. The Bertz CT molecular complexity index is 1490. The highest BCUT2D eigenvalue weighted by atomic mass is 35.5. The normalized spacial score (nSPS) is 15.2. The number of piperazine rings is 1. The summed E-state index contributed by atoms with van der Waals surface area (Å²) in [5, 5.41) is 23.0. The number of nitrogens with one attached hydrogen (secondary N) is 1. The minimum atomic E-state index is -0.0894. The Morgan fingerprint density at radius 1 is 1.03 bits per heavy atom. The first-order valence-electron chi connectivity index (χ1n) is 12.5. The summed E-state index contributed by atoms with van der Waals surface area (Å²) in [5.74, 6) is -0.170. The molecule has 0 saturated carbocycles. The van der Waals surface area contributed by atoms with Crippen LogP contribution in [0.25, 0.3) is 10.9 Å². The van der Waals surface area contributed by atoms with Crippen molar-refractivity contribution in [3.8, 4) is 11.6 Å². The number of hydrogen-bond donors (Lipinski definition) is 3. The highest BCUT2D eigenvalue weighted by Gasteiger charge is 2.22. The number of phenolic OH excluding ortho intramolecular Hbond substituents is 1. The number of phenols is 1. The van der Waals surface area contributed by atoms with Gasteiger partial charge in [-0.05, 0) is 31.3 Å². The Labute approximate surface area is 226 Å². The van der Waals surface area contributed by atoms with Crippen LogP contribution in [0.3, 0.4) is 0 Å². The van der Waals surface area contributed by atoms with E-state index in [1.54, 1.807) is 31.3 Å². The van der Waals surface area contributed by atoms with Crippen LogP contribution in [0.2, 0.25) is 5.02 Å². The topological polar surface area (TPSA) is 95.4 Å². The lowest BCUT2D eigenvalue weighted by molar-refractivity contribution is -0.119. The molecule has 0 radical (unpaired) electrons. The van der Waals surface area contributed by atoms with Gasteiger partial charge >= 0.3 is 0 Å². The molecule has 1 aliphatic heterocycles. The van der Waals surface area contributed by atoms with Crippen molar-refractivity contribution in [2.45, 2.75) is 0 Å². The number of anilines is 1. The van der Waals surface area contributed by atoms with Crippen molar-refractivity contribution in [1.29, 1.82) is 0 Å². The number of fused-ring (bicyclic) bond motifs is 1. The second kappa shape index (κ2) is 10.9. The quantitative estimate of drug-likeness (QED) is 0.316. The maximum absolute atomic E-state index is 12.9. The second-order valence-corrected chi connectivity index (χ2v) is 10.0. The van der Waals surface area contributed by atoms with E-state index in [9.17, 15) is 15.0 Å². The molecule has 5 rings (SSSR count). The summed E-state index contributed by atoms with van der Waals surface area (Å²) in [4.78, 5) is 26.6. The van der Waals surface area contributed by atoms with Gasteiger partial charge in [0.2, 0.25) is 5.91 Å². The van der Waals surface area contributed by atoms with Crippen LogP contribution < -0.4 is 4.90 Å². The standard InChI is InChI=1S/C29H30ClN5O3/c1-33-12-14-35(15-13-33)18-26(37)34(2)24-11-9-21(17-25(24)36)31-28(19-6-4-3-5-7-19)27-22-10-8-20(30)16-23(22)32-29(27)38/h3-11,16-17,32,36,38H,12-15,18H2,1-2H3. The molecular weight excluding hydrogens is 502 g/mol. The van der Waals surface area contributed by atoms with Crippen molar-refractivity contribution in [3.63, 3.8) is 0 Å². The molecule has 2 heterocycles. The lowest BCUT2D eigenvalue weighted by Crippen LogP contribution is -2.48. The number of likely N-dealkylation sites (N-methyl/N-ethyl adjacent to an activating group) is 2. The van der Waals surface area contributed by atoms with E-state index in [2.05, 4.69) is 21.8 Å². The van der Waals surface area contributed by atoms with Crippen LogP contribution in [0.15, 0.2) is 71.7 Å². The van der Waals surface area contributed by atoms with Gasteiger partial charge < -0.3 is 25.0 Å². The average Bonchev–Trinajstić information content (AvgIpc) is 3.23. The third-order valence-corrected chi connectivity index (χ3v) is 7.15. The molecule has 1 fully saturated rings. The van der Waals surface area contributed by atoms with Crippen LogP contribution in [-0.4, -0.2) is 83.4 Å². The first-order valence-corrected chi connectivity index (χ1v) is 12.8. The summed E-state index contributed by atoms with van der Waals surface area (Å²) in [6.07, 6.45) is 0. The third kappa shape index (κ3) is 5.38. The monoisotopic (exact) mass is 531 g/mol. The van der Waals surface area contributed by atoms with Gasteiger partial charge in [0.25, 0.3) is 0 Å². The molecule has 8 nitrogen and oxygen atoms in total. The summed E-state index contributed by atoms with van der Waals surface area (Å²) in [5.41, 5.74) is 3.44. The van der Waals surface area contributed by atoms with Crippen molar-refractivity contribution < 1.29 is 15.0 Å². The van der Waals surface area contributed by atoms with Crippen molar-refractivity contribution in [1.82, 2.24) is 14.8 Å². The predicted octanol–water partition coefficient (Wildman–Crippen LogP) is 4.61. The van der Waals surface area contributed by atoms with Gasteiger partial charge in [-0.25, -0.2) is 4.99 Å². The third-order valence-electron chi connectivity index (χ3n) is 6.91. The Morgan fingerprint density at radius 2 is 1.76 bits per heavy atom. The Balaban J connectivity index is 1.47. The number of nitrogens with zero attached hydrogens (tertiary/aromatic N) is 4. The van der Waals surface area contributed by atoms with Crippen LogP contribution in [-0.2, 0) is 4.79 Å². The smallest absolute Gasteiger partial charge is 0.241 e. The first-order chi connectivity index (χ1) is 18.3. The van der Waals surface area contributed by atoms with E-state index in [0.717, 1.165) is 37.1 Å². The molecule has 3 N–H and O–H groups in total. The van der Waals surface area contributed by atoms with E-state index in [-0.39, 0.29) is 17.5 Å². The van der Waals surface area contributed by atoms with Crippen molar-refractivity contribution in [2.75, 3.05) is 51.7 Å². The molecule has 0 aliphatic carbocycles. The van der Waals surface area contributed by atoms with Crippen LogP contribution in [0.4, 0.5) is 11.4 Å². The Morgan fingerprint density at radius 3 is 2.47 bits per heavy atom. The van der Waals surface area contributed by atoms with Crippen molar-refractivity contribution in [2.24, 2.45) is 4.99 Å². The fourth-order valence-electron chi connectivity index (χ4n) is 4.69. The summed E-state index contributed by atoms with van der Waals surface area (Å²) >= 11 is 6.15. The van der Waals surface area contributed by atoms with E-state index in [1.807, 2.05) is 36.4 Å². The van der Waals surface area contributed by atoms with Gasteiger partial charge in [0.05, 0.1) is 34.7 Å². The molecule has 0 bridgehead atoms. The van der Waals surface area contributed by atoms with Gasteiger partial charge in [0.1, 0.15) is 5.75 Å². The molecule has 1 saturated heterocycles. The van der Waals surface area contributed by atoms with Gasteiger partial charge in [0, 0.05) is 55.3 Å². The van der Waals surface area contributed by atoms with Gasteiger partial charge in [0.15, 0.2) is 5.88 Å². The lowest BCUT2D eigenvalue weighted by atomic mass is 10.0. The summed E-state index contributed by atoms with van der Waals surface area (Å²) in [7, 11) is 3.74. The molecule has 38 heavy (non-hydrogen) atoms. The average molecular weight is 532 g/mol. The predicted molar refractivity (Wildman–Crippen MR) is 152 cm³/mol. The number of rotatable bonds is 6. The zero-order valence-corrected chi connectivity index (χ0v) is 22.1. The minimum absolute atomic E-state index is 0.0278. The van der Waals surface area contributed by atoms with E-state index in [1.165, 1.54) is 11.0 Å². The van der Waals surface area contributed by atoms with Gasteiger partial charge in [-0.1, -0.05) is 48.0 Å². The fraction of sp³-hybridized carbons (Fsp3) is 0.241. The second-order valence-electron chi connectivity index (χ2n) is 9.57. The molecule has 1 amide bonds. The van der Waals surface area contributed by atoms with Gasteiger partial charge in [-0.2, -0.15) is 0 Å². The van der Waals surface area contributed by atoms with E-state index in [0.29, 0.717) is 39.7 Å². The molecule has 196 valence electrons. The molecule has 0 spiro atoms. The van der Waals surface area contributed by atoms with Crippen LogP contribution in [0.5, 0.6) is 11.6 Å². The number of benzene rings is 3. The number of carbonyl (C=O) groups is 1. The lowest BCUT2D eigenvalue weighted by Gasteiger charge is -2.32. The van der Waals surface area contributed by atoms with Gasteiger partial charge in [-0.15, -0.1) is 0 Å². The first kappa shape index (κ1) is 25.8. The number of hydrogen-bond acceptors (Lipinski definition) is 6. The number of aliphatic imine (C=N–C) groups is 1. The van der Waals surface area contributed by atoms with E-state index < -0.39 is 0 Å². The van der Waals surface area contributed by atoms with Gasteiger partial charge in [-0.3, -0.25) is 9.69 Å². The van der Waals surface area contributed by atoms with Crippen LogP contribution in [0.1, 0.15) is 11.1 Å². The number of aromatic nitrogens is 1. The number of aromatic hydroxyl groups is 2. The molecule has 0 atom stereocenters. The highest BCUT2D eigenvalue weighted by molar-refractivity contribution is 6.31. The summed E-state index contributed by atoms with van der Waals surface area (Å²) < 4.78 is 0. The number of carbonyl (C=O) groups excluding carboxylic acids is 1. The molecule has 4 aromatic rings. The van der Waals surface area contributed by atoms with E-state index >= 15 is 0 Å². The molecule has 0 unspecified atom stereocenters. The minimum Gasteiger partial charge on any atom is -0.506 e. The summed E-state index contributed by atoms with van der Waals surface area (Å²) in [6, 6.07) is 19.8. The largest absolute Gasteiger partial charge is 0.506 e. The number of halogens is 1. The number of H-pyrrole nitrogens is 1. The number of aromatic amines is 1. The Hall–Kier alpha value is -3.85. The summed E-state index contributed by atoms with van der Waals surface area (Å²) in [6.45, 7) is 3.83. The maximum atomic E-state index is 12.9. The zero-order valence-electron chi connectivity index (χ0n) is 21.4. The molecule has 1 aliphatic rings. The Kier molecular flexibility index (Phi) is 7.37. The highest BCUT2D eigenvalue weighted by Crippen LogP contribution is 2.35. The van der Waals surface area contributed by atoms with E-state index in [4.69, 9.17) is 16.6 Å². The maximum Gasteiger partial charge on any atom is 0.241 e. The molecule has 1 aromatic heterocycles. The van der Waals surface area contributed by atoms with Crippen molar-refractivity contribution in [3.05, 3.63) is 82.9 Å². The van der Waals surface area contributed by atoms with Crippen LogP contribution >= 0.6 is 11.6 Å².